The van der Waals surface area contributed by atoms with Gasteiger partial charge in [-0.1, -0.05) is 11.2 Å². The largest absolute Gasteiger partial charge is 0.485 e. The lowest BCUT2D eigenvalue weighted by atomic mass is 9.90. The van der Waals surface area contributed by atoms with Crippen LogP contribution in [0, 0.1) is 18.3 Å². The van der Waals surface area contributed by atoms with Gasteiger partial charge in [0.05, 0.1) is 5.92 Å². The summed E-state index contributed by atoms with van der Waals surface area (Å²) in [4.78, 5) is 29.8. The highest BCUT2D eigenvalue weighted by Gasteiger charge is 2.59. The third-order valence-corrected chi connectivity index (χ3v) is 5.55. The number of aliphatic carboxylic acids is 1. The summed E-state index contributed by atoms with van der Waals surface area (Å²) in [5.41, 5.74) is 0.467. The molecular formula is C19H21N3O5. The zero-order chi connectivity index (χ0) is 19.0. The quantitative estimate of drug-likeness (QED) is 0.859. The van der Waals surface area contributed by atoms with Crippen LogP contribution in [0.1, 0.15) is 41.3 Å². The summed E-state index contributed by atoms with van der Waals surface area (Å²) in [6.45, 7) is 3.06. The van der Waals surface area contributed by atoms with Crippen molar-refractivity contribution < 1.29 is 24.0 Å². The number of carboxylic acid groups (broad SMARTS) is 1. The molecular weight excluding hydrogens is 350 g/mol. The van der Waals surface area contributed by atoms with Crippen LogP contribution >= 0.6 is 0 Å². The molecule has 2 heterocycles. The first-order valence-electron chi connectivity index (χ1n) is 9.01. The van der Waals surface area contributed by atoms with Crippen molar-refractivity contribution >= 4 is 11.9 Å². The number of aromatic nitrogens is 2. The van der Waals surface area contributed by atoms with Gasteiger partial charge < -0.3 is 19.3 Å². The van der Waals surface area contributed by atoms with Crippen molar-refractivity contribution in [2.24, 2.45) is 11.3 Å². The van der Waals surface area contributed by atoms with Crippen molar-refractivity contribution in [3.05, 3.63) is 41.5 Å². The van der Waals surface area contributed by atoms with Crippen LogP contribution in [0.25, 0.3) is 0 Å². The van der Waals surface area contributed by atoms with E-state index >= 15 is 0 Å². The average Bonchev–Trinajstić information content (AvgIpc) is 3.21. The number of hydrogen-bond acceptors (Lipinski definition) is 6. The van der Waals surface area contributed by atoms with Crippen molar-refractivity contribution in [1.29, 1.82) is 0 Å². The zero-order valence-electron chi connectivity index (χ0n) is 15.1. The molecule has 1 atom stereocenters. The summed E-state index contributed by atoms with van der Waals surface area (Å²) < 4.78 is 10.5. The number of carboxylic acids is 1. The van der Waals surface area contributed by atoms with Crippen LogP contribution in [0.15, 0.2) is 28.8 Å². The molecule has 0 radical (unpaired) electrons. The second-order valence-corrected chi connectivity index (χ2v) is 7.30. The van der Waals surface area contributed by atoms with Crippen LogP contribution in [0.3, 0.4) is 0 Å². The molecule has 2 aliphatic rings. The molecule has 1 saturated heterocycles. The maximum Gasteiger partial charge on any atom is 0.307 e. The minimum Gasteiger partial charge on any atom is -0.485 e. The van der Waals surface area contributed by atoms with Gasteiger partial charge in [-0.2, -0.15) is 4.98 Å². The number of amides is 1. The van der Waals surface area contributed by atoms with Crippen LogP contribution in [0.4, 0.5) is 0 Å². The van der Waals surface area contributed by atoms with Gasteiger partial charge in [-0.15, -0.1) is 0 Å². The van der Waals surface area contributed by atoms with E-state index < -0.39 is 5.97 Å². The molecule has 1 aliphatic heterocycles. The van der Waals surface area contributed by atoms with Gasteiger partial charge >= 0.3 is 5.97 Å². The van der Waals surface area contributed by atoms with Gasteiger partial charge in [0, 0.05) is 25.6 Å². The number of benzene rings is 1. The van der Waals surface area contributed by atoms with E-state index in [-0.39, 0.29) is 23.8 Å². The normalized spacial score (nSPS) is 20.5. The number of likely N-dealkylation sites (tertiary alicyclic amines) is 1. The standard InChI is InChI=1S/C19H21N3O5/c1-12-20-16(21-27-12)11-26-14-4-2-3-13(9-14)17(23)22-7-5-19(6-8-22)10-15(19)18(24)25/h2-4,9,15H,5-8,10-11H2,1H3,(H,24,25). The van der Waals surface area contributed by atoms with Gasteiger partial charge in [0.2, 0.25) is 11.7 Å². The Balaban J connectivity index is 1.36. The highest BCUT2D eigenvalue weighted by atomic mass is 16.5. The van der Waals surface area contributed by atoms with Crippen molar-refractivity contribution in [1.82, 2.24) is 15.0 Å². The minimum absolute atomic E-state index is 0.0572. The van der Waals surface area contributed by atoms with Crippen LogP contribution in [-0.4, -0.2) is 45.1 Å². The van der Waals surface area contributed by atoms with Gasteiger partial charge in [0.15, 0.2) is 6.61 Å². The summed E-state index contributed by atoms with van der Waals surface area (Å²) in [7, 11) is 0. The maximum absolute atomic E-state index is 12.8. The van der Waals surface area contributed by atoms with E-state index in [0.717, 1.165) is 19.3 Å². The molecule has 1 N–H and O–H groups in total. The van der Waals surface area contributed by atoms with Crippen LogP contribution in [0.5, 0.6) is 5.75 Å². The molecule has 1 aromatic carbocycles. The number of aryl methyl sites for hydroxylation is 1. The van der Waals surface area contributed by atoms with E-state index in [1.807, 2.05) is 0 Å². The Bertz CT molecular complexity index is 870. The first-order chi connectivity index (χ1) is 13.0. The Kier molecular flexibility index (Phi) is 4.33. The van der Waals surface area contributed by atoms with Crippen molar-refractivity contribution in [3.8, 4) is 5.75 Å². The molecule has 1 saturated carbocycles. The smallest absolute Gasteiger partial charge is 0.307 e. The fraction of sp³-hybridized carbons (Fsp3) is 0.474. The highest BCUT2D eigenvalue weighted by Crippen LogP contribution is 2.59. The molecule has 27 heavy (non-hydrogen) atoms. The molecule has 1 unspecified atom stereocenters. The lowest BCUT2D eigenvalue weighted by Crippen LogP contribution is -2.40. The first kappa shape index (κ1) is 17.5. The summed E-state index contributed by atoms with van der Waals surface area (Å²) in [6, 6.07) is 7.01. The van der Waals surface area contributed by atoms with Gasteiger partial charge in [0.25, 0.3) is 5.91 Å². The lowest BCUT2D eigenvalue weighted by molar-refractivity contribution is -0.139. The lowest BCUT2D eigenvalue weighted by Gasteiger charge is -2.32. The zero-order valence-corrected chi connectivity index (χ0v) is 15.1. The van der Waals surface area contributed by atoms with Crippen molar-refractivity contribution in [2.75, 3.05) is 13.1 Å². The molecule has 1 aromatic heterocycles. The third-order valence-electron chi connectivity index (χ3n) is 5.55. The molecule has 2 aromatic rings. The number of piperidine rings is 1. The average molecular weight is 371 g/mol. The molecule has 0 bridgehead atoms. The van der Waals surface area contributed by atoms with E-state index in [1.165, 1.54) is 0 Å². The van der Waals surface area contributed by atoms with Crippen molar-refractivity contribution in [2.45, 2.75) is 32.8 Å². The SMILES string of the molecule is Cc1nc(COc2cccc(C(=O)N3CCC4(CC3)CC4C(=O)O)c2)no1. The van der Waals surface area contributed by atoms with Gasteiger partial charge in [-0.05, 0) is 42.9 Å². The second-order valence-electron chi connectivity index (χ2n) is 7.30. The van der Waals surface area contributed by atoms with E-state index in [2.05, 4.69) is 10.1 Å². The summed E-state index contributed by atoms with van der Waals surface area (Å²) in [5, 5.41) is 13.0. The van der Waals surface area contributed by atoms with Crippen molar-refractivity contribution in [3.63, 3.8) is 0 Å². The van der Waals surface area contributed by atoms with E-state index in [9.17, 15) is 14.7 Å². The fourth-order valence-electron chi connectivity index (χ4n) is 3.85. The van der Waals surface area contributed by atoms with Crippen LogP contribution < -0.4 is 4.74 Å². The highest BCUT2D eigenvalue weighted by molar-refractivity contribution is 5.94. The Morgan fingerprint density at radius 2 is 2.15 bits per heavy atom. The van der Waals surface area contributed by atoms with Gasteiger partial charge in [-0.3, -0.25) is 9.59 Å². The van der Waals surface area contributed by atoms with E-state index in [0.29, 0.717) is 36.1 Å². The Morgan fingerprint density at radius 1 is 1.37 bits per heavy atom. The number of hydrogen-bond donors (Lipinski definition) is 1. The molecule has 142 valence electrons. The van der Waals surface area contributed by atoms with Gasteiger partial charge in [0.1, 0.15) is 5.75 Å². The minimum atomic E-state index is -0.712. The number of nitrogens with zero attached hydrogens (tertiary/aromatic N) is 3. The second kappa shape index (κ2) is 6.68. The Hall–Kier alpha value is -2.90. The first-order valence-corrected chi connectivity index (χ1v) is 9.01. The van der Waals surface area contributed by atoms with E-state index in [4.69, 9.17) is 9.26 Å². The molecule has 1 aliphatic carbocycles. The maximum atomic E-state index is 12.8. The molecule has 4 rings (SSSR count). The molecule has 1 spiro atoms. The monoisotopic (exact) mass is 371 g/mol. The third kappa shape index (κ3) is 3.51. The predicted molar refractivity (Wildman–Crippen MR) is 93.1 cm³/mol. The summed E-state index contributed by atoms with van der Waals surface area (Å²) in [5.74, 6) is 0.476. The number of carbonyl (C=O) groups excluding carboxylic acids is 1. The molecule has 8 nitrogen and oxygen atoms in total. The summed E-state index contributed by atoms with van der Waals surface area (Å²) in [6.07, 6.45) is 2.25. The summed E-state index contributed by atoms with van der Waals surface area (Å²) >= 11 is 0. The Morgan fingerprint density at radius 3 is 2.78 bits per heavy atom. The molecule has 2 fully saturated rings. The molecule has 1 amide bonds. The van der Waals surface area contributed by atoms with Crippen LogP contribution in [0.2, 0.25) is 0 Å². The topological polar surface area (TPSA) is 106 Å². The Labute approximate surface area is 156 Å². The number of carbonyl (C=O) groups is 2. The van der Waals surface area contributed by atoms with Crippen LogP contribution in [-0.2, 0) is 11.4 Å². The molecule has 8 heteroatoms. The number of ether oxygens (including phenoxy) is 1. The predicted octanol–water partition coefficient (Wildman–Crippen LogP) is 2.28. The van der Waals surface area contributed by atoms with Gasteiger partial charge in [-0.25, -0.2) is 0 Å². The fourth-order valence-corrected chi connectivity index (χ4v) is 3.85. The number of rotatable bonds is 5. The van der Waals surface area contributed by atoms with E-state index in [1.54, 1.807) is 36.1 Å².